The molecule has 10 heteroatoms. The highest BCUT2D eigenvalue weighted by molar-refractivity contribution is 6.28. The van der Waals surface area contributed by atoms with Crippen LogP contribution in [0.3, 0.4) is 0 Å². The Hall–Kier alpha value is -2.29. The quantitative estimate of drug-likeness (QED) is 0.491. The van der Waals surface area contributed by atoms with Gasteiger partial charge in [0.15, 0.2) is 0 Å². The lowest BCUT2D eigenvalue weighted by Gasteiger charge is -2.05. The fourth-order valence-electron chi connectivity index (χ4n) is 1.44. The van der Waals surface area contributed by atoms with Gasteiger partial charge in [-0.25, -0.2) is 4.98 Å². The van der Waals surface area contributed by atoms with Crippen LogP contribution in [-0.2, 0) is 13.5 Å². The lowest BCUT2D eigenvalue weighted by molar-refractivity contribution is -0.384. The highest BCUT2D eigenvalue weighted by Gasteiger charge is 2.16. The third-order valence-corrected chi connectivity index (χ3v) is 2.57. The van der Waals surface area contributed by atoms with Crippen LogP contribution in [-0.4, -0.2) is 36.2 Å². The summed E-state index contributed by atoms with van der Waals surface area (Å²) in [6.45, 7) is 0.417. The average molecular weight is 284 g/mol. The second-order valence-electron chi connectivity index (χ2n) is 3.66. The predicted molar refractivity (Wildman–Crippen MR) is 66.9 cm³/mol. The van der Waals surface area contributed by atoms with E-state index in [-0.39, 0.29) is 16.8 Å². The molecule has 0 saturated carbocycles. The van der Waals surface area contributed by atoms with Gasteiger partial charge in [0.2, 0.25) is 11.1 Å². The van der Waals surface area contributed by atoms with Gasteiger partial charge in [-0.2, -0.15) is 4.98 Å². The van der Waals surface area contributed by atoms with Gasteiger partial charge in [-0.15, -0.1) is 10.2 Å². The molecule has 0 aliphatic heterocycles. The molecule has 0 atom stereocenters. The van der Waals surface area contributed by atoms with E-state index in [1.165, 1.54) is 0 Å². The SMILES string of the molecule is Cn1cnnc1CCNc1nc(Cl)ncc1[N+](=O)[O-]. The van der Waals surface area contributed by atoms with Crippen molar-refractivity contribution in [2.45, 2.75) is 6.42 Å². The lowest BCUT2D eigenvalue weighted by atomic mass is 10.4. The number of halogens is 1. The summed E-state index contributed by atoms with van der Waals surface area (Å²) in [7, 11) is 1.82. The molecule has 2 aromatic heterocycles. The Morgan fingerprint density at radius 2 is 2.37 bits per heavy atom. The van der Waals surface area contributed by atoms with E-state index in [4.69, 9.17) is 11.6 Å². The van der Waals surface area contributed by atoms with Crippen molar-refractivity contribution in [1.29, 1.82) is 0 Å². The van der Waals surface area contributed by atoms with Crippen LogP contribution < -0.4 is 5.32 Å². The Balaban J connectivity index is 2.05. The molecule has 0 spiro atoms. The molecule has 0 unspecified atom stereocenters. The first-order chi connectivity index (χ1) is 9.08. The molecule has 19 heavy (non-hydrogen) atoms. The zero-order valence-corrected chi connectivity index (χ0v) is 10.7. The highest BCUT2D eigenvalue weighted by Crippen LogP contribution is 2.21. The number of rotatable bonds is 5. The van der Waals surface area contributed by atoms with Gasteiger partial charge in [0, 0.05) is 20.0 Å². The number of nitro groups is 1. The molecule has 0 bridgehead atoms. The fraction of sp³-hybridized carbons (Fsp3) is 0.333. The smallest absolute Gasteiger partial charge is 0.329 e. The van der Waals surface area contributed by atoms with Crippen LogP contribution >= 0.6 is 11.6 Å². The Morgan fingerprint density at radius 3 is 3.00 bits per heavy atom. The first-order valence-electron chi connectivity index (χ1n) is 5.31. The van der Waals surface area contributed by atoms with Crippen molar-refractivity contribution in [2.75, 3.05) is 11.9 Å². The minimum absolute atomic E-state index is 0.0493. The standard InChI is InChI=1S/C9H10ClN7O2/c1-16-5-13-15-7(16)2-3-11-8-6(17(18)19)4-12-9(10)14-8/h4-5H,2-3H2,1H3,(H,11,12,14). The summed E-state index contributed by atoms with van der Waals surface area (Å²) in [5.41, 5.74) is -0.220. The fourth-order valence-corrected chi connectivity index (χ4v) is 1.58. The number of aryl methyl sites for hydroxylation is 1. The van der Waals surface area contributed by atoms with E-state index < -0.39 is 4.92 Å². The van der Waals surface area contributed by atoms with E-state index in [2.05, 4.69) is 25.5 Å². The van der Waals surface area contributed by atoms with Crippen molar-refractivity contribution in [2.24, 2.45) is 7.05 Å². The molecular weight excluding hydrogens is 274 g/mol. The second-order valence-corrected chi connectivity index (χ2v) is 4.00. The van der Waals surface area contributed by atoms with Crippen molar-refractivity contribution < 1.29 is 4.92 Å². The maximum atomic E-state index is 10.8. The van der Waals surface area contributed by atoms with E-state index in [9.17, 15) is 10.1 Å². The van der Waals surface area contributed by atoms with E-state index in [1.807, 2.05) is 7.05 Å². The van der Waals surface area contributed by atoms with E-state index in [0.717, 1.165) is 12.0 Å². The molecule has 0 aliphatic carbocycles. The van der Waals surface area contributed by atoms with Gasteiger partial charge < -0.3 is 9.88 Å². The topological polar surface area (TPSA) is 112 Å². The number of nitrogens with one attached hydrogen (secondary N) is 1. The van der Waals surface area contributed by atoms with Gasteiger partial charge in [-0.1, -0.05) is 0 Å². The summed E-state index contributed by atoms with van der Waals surface area (Å²) < 4.78 is 1.77. The molecule has 0 saturated heterocycles. The second kappa shape index (κ2) is 5.57. The maximum absolute atomic E-state index is 10.8. The molecule has 2 heterocycles. The minimum Gasteiger partial charge on any atom is -0.364 e. The maximum Gasteiger partial charge on any atom is 0.329 e. The van der Waals surface area contributed by atoms with Gasteiger partial charge >= 0.3 is 5.69 Å². The first kappa shape index (κ1) is 13.1. The van der Waals surface area contributed by atoms with Crippen molar-refractivity contribution in [1.82, 2.24) is 24.7 Å². The molecular formula is C9H10ClN7O2. The van der Waals surface area contributed by atoms with Crippen LogP contribution in [0.4, 0.5) is 11.5 Å². The van der Waals surface area contributed by atoms with E-state index in [0.29, 0.717) is 13.0 Å². The highest BCUT2D eigenvalue weighted by atomic mass is 35.5. The van der Waals surface area contributed by atoms with Crippen LogP contribution in [0, 0.1) is 10.1 Å². The summed E-state index contributed by atoms with van der Waals surface area (Å²) in [5, 5.41) is 21.2. The zero-order valence-electron chi connectivity index (χ0n) is 9.95. The molecule has 0 aromatic carbocycles. The zero-order chi connectivity index (χ0) is 13.8. The molecule has 1 N–H and O–H groups in total. The summed E-state index contributed by atoms with van der Waals surface area (Å²) in [4.78, 5) is 17.6. The molecule has 0 fully saturated rings. The minimum atomic E-state index is -0.568. The number of aromatic nitrogens is 5. The molecule has 9 nitrogen and oxygen atoms in total. The van der Waals surface area contributed by atoms with Crippen LogP contribution in [0.2, 0.25) is 5.28 Å². The van der Waals surface area contributed by atoms with Gasteiger partial charge in [-0.3, -0.25) is 10.1 Å². The third-order valence-electron chi connectivity index (χ3n) is 2.38. The monoisotopic (exact) mass is 283 g/mol. The van der Waals surface area contributed by atoms with Crippen molar-refractivity contribution >= 4 is 23.1 Å². The van der Waals surface area contributed by atoms with E-state index in [1.54, 1.807) is 10.9 Å². The van der Waals surface area contributed by atoms with Crippen LogP contribution in [0.1, 0.15) is 5.82 Å². The Bertz CT molecular complexity index is 600. The molecule has 2 aromatic rings. The molecule has 0 radical (unpaired) electrons. The van der Waals surface area contributed by atoms with Crippen LogP contribution in [0.15, 0.2) is 12.5 Å². The average Bonchev–Trinajstić information content (AvgIpc) is 2.75. The normalized spacial score (nSPS) is 10.4. The van der Waals surface area contributed by atoms with Crippen molar-refractivity contribution in [3.05, 3.63) is 33.7 Å². The Labute approximate surface area is 112 Å². The number of nitrogens with zero attached hydrogens (tertiary/aromatic N) is 6. The molecule has 2 rings (SSSR count). The number of hydrogen-bond acceptors (Lipinski definition) is 7. The summed E-state index contributed by atoms with van der Waals surface area (Å²) in [5.74, 6) is 0.850. The largest absolute Gasteiger partial charge is 0.364 e. The van der Waals surface area contributed by atoms with Gasteiger partial charge in [-0.05, 0) is 11.6 Å². The van der Waals surface area contributed by atoms with Crippen molar-refractivity contribution in [3.63, 3.8) is 0 Å². The Kier molecular flexibility index (Phi) is 3.85. The first-order valence-corrected chi connectivity index (χ1v) is 5.69. The van der Waals surface area contributed by atoms with E-state index >= 15 is 0 Å². The molecule has 0 amide bonds. The number of hydrogen-bond donors (Lipinski definition) is 1. The molecule has 100 valence electrons. The van der Waals surface area contributed by atoms with Crippen molar-refractivity contribution in [3.8, 4) is 0 Å². The summed E-state index contributed by atoms with van der Waals surface area (Å²) in [6.07, 6.45) is 3.20. The summed E-state index contributed by atoms with van der Waals surface area (Å²) >= 11 is 5.61. The van der Waals surface area contributed by atoms with Gasteiger partial charge in [0.1, 0.15) is 18.3 Å². The lowest BCUT2D eigenvalue weighted by Crippen LogP contribution is -2.11. The summed E-state index contributed by atoms with van der Waals surface area (Å²) in [6, 6.07) is 0. The van der Waals surface area contributed by atoms with Crippen LogP contribution in [0.25, 0.3) is 0 Å². The third kappa shape index (κ3) is 3.13. The molecule has 0 aliphatic rings. The van der Waals surface area contributed by atoms with Gasteiger partial charge in [0.25, 0.3) is 0 Å². The van der Waals surface area contributed by atoms with Crippen LogP contribution in [0.5, 0.6) is 0 Å². The number of anilines is 1. The van der Waals surface area contributed by atoms with Gasteiger partial charge in [0.05, 0.1) is 4.92 Å². The predicted octanol–water partition coefficient (Wildman–Crippen LogP) is 0.821. The Morgan fingerprint density at radius 1 is 1.58 bits per heavy atom.